The van der Waals surface area contributed by atoms with Crippen molar-refractivity contribution in [3.05, 3.63) is 0 Å². The van der Waals surface area contributed by atoms with Gasteiger partial charge in [-0.1, -0.05) is 20.8 Å². The Hall–Kier alpha value is -0.570. The van der Waals surface area contributed by atoms with Crippen LogP contribution in [0.25, 0.3) is 0 Å². The van der Waals surface area contributed by atoms with Crippen LogP contribution in [-0.4, -0.2) is 17.5 Å². The first-order valence-electron chi connectivity index (χ1n) is 5.09. The van der Waals surface area contributed by atoms with Crippen molar-refractivity contribution in [2.24, 2.45) is 11.1 Å². The normalized spacial score (nSPS) is 15.1. The minimum Gasteiger partial charge on any atom is -0.351 e. The Labute approximate surface area is 87.4 Å². The van der Waals surface area contributed by atoms with Gasteiger partial charge in [0.2, 0.25) is 5.91 Å². The molecule has 0 bridgehead atoms. The summed E-state index contributed by atoms with van der Waals surface area (Å²) in [5, 5.41) is 2.90. The van der Waals surface area contributed by atoms with Crippen molar-refractivity contribution in [3.63, 3.8) is 0 Å². The van der Waals surface area contributed by atoms with E-state index in [-0.39, 0.29) is 22.9 Å². The third-order valence-electron chi connectivity index (χ3n) is 2.03. The van der Waals surface area contributed by atoms with Crippen LogP contribution in [0.4, 0.5) is 0 Å². The Bertz CT molecular complexity index is 198. The highest BCUT2D eigenvalue weighted by Gasteiger charge is 2.24. The molecule has 14 heavy (non-hydrogen) atoms. The van der Waals surface area contributed by atoms with Gasteiger partial charge in [0.15, 0.2) is 0 Å². The number of nitrogens with one attached hydrogen (secondary N) is 1. The summed E-state index contributed by atoms with van der Waals surface area (Å²) >= 11 is 0. The molecule has 0 aliphatic rings. The van der Waals surface area contributed by atoms with E-state index in [9.17, 15) is 4.79 Å². The van der Waals surface area contributed by atoms with Crippen molar-refractivity contribution >= 4 is 5.91 Å². The Morgan fingerprint density at radius 1 is 1.21 bits per heavy atom. The first-order valence-corrected chi connectivity index (χ1v) is 5.09. The zero-order chi connectivity index (χ0) is 11.6. The molecule has 0 spiro atoms. The molecule has 3 N–H and O–H groups in total. The molecule has 0 saturated carbocycles. The van der Waals surface area contributed by atoms with E-state index in [0.717, 1.165) is 0 Å². The molecular weight excluding hydrogens is 176 g/mol. The lowest BCUT2D eigenvalue weighted by Gasteiger charge is -2.28. The number of carbonyl (C=O) groups is 1. The predicted molar refractivity (Wildman–Crippen MR) is 59.9 cm³/mol. The molecule has 0 heterocycles. The van der Waals surface area contributed by atoms with E-state index in [1.165, 1.54) is 0 Å². The number of rotatable bonds is 2. The molecule has 0 fully saturated rings. The summed E-state index contributed by atoms with van der Waals surface area (Å²) < 4.78 is 0. The molecule has 0 aliphatic heterocycles. The second-order valence-corrected chi connectivity index (χ2v) is 5.97. The largest absolute Gasteiger partial charge is 0.351 e. The van der Waals surface area contributed by atoms with Crippen molar-refractivity contribution in [1.29, 1.82) is 0 Å². The fraction of sp³-hybridized carbons (Fsp3) is 0.909. The summed E-state index contributed by atoms with van der Waals surface area (Å²) in [7, 11) is 0. The van der Waals surface area contributed by atoms with E-state index < -0.39 is 0 Å². The van der Waals surface area contributed by atoms with E-state index in [1.54, 1.807) is 0 Å². The topological polar surface area (TPSA) is 55.1 Å². The van der Waals surface area contributed by atoms with Gasteiger partial charge in [-0.15, -0.1) is 0 Å². The molecule has 0 radical (unpaired) electrons. The van der Waals surface area contributed by atoms with Gasteiger partial charge in [-0.05, 0) is 26.2 Å². The molecule has 0 aromatic rings. The molecule has 1 amide bonds. The third-order valence-corrected chi connectivity index (χ3v) is 2.03. The standard InChI is InChI=1S/C11H24N2O/c1-10(2,3)8(12)7-9(14)13-11(4,5)6/h8H,7,12H2,1-6H3,(H,13,14). The summed E-state index contributed by atoms with van der Waals surface area (Å²) in [4.78, 5) is 11.5. The van der Waals surface area contributed by atoms with Gasteiger partial charge in [-0.3, -0.25) is 4.79 Å². The number of amides is 1. The second kappa shape index (κ2) is 4.30. The molecule has 0 aromatic heterocycles. The van der Waals surface area contributed by atoms with Gasteiger partial charge in [-0.2, -0.15) is 0 Å². The lowest BCUT2D eigenvalue weighted by atomic mass is 9.85. The molecule has 84 valence electrons. The maximum atomic E-state index is 11.5. The van der Waals surface area contributed by atoms with Crippen LogP contribution in [0.3, 0.4) is 0 Å². The quantitative estimate of drug-likeness (QED) is 0.712. The lowest BCUT2D eigenvalue weighted by molar-refractivity contribution is -0.123. The minimum atomic E-state index is -0.172. The Morgan fingerprint density at radius 3 is 1.93 bits per heavy atom. The molecule has 3 heteroatoms. The zero-order valence-electron chi connectivity index (χ0n) is 10.3. The molecule has 0 aliphatic carbocycles. The summed E-state index contributed by atoms with van der Waals surface area (Å²) in [5.74, 6) is 0.0277. The van der Waals surface area contributed by atoms with Crippen molar-refractivity contribution in [2.75, 3.05) is 0 Å². The molecule has 0 saturated heterocycles. The molecule has 1 atom stereocenters. The van der Waals surface area contributed by atoms with Gasteiger partial charge in [-0.25, -0.2) is 0 Å². The van der Waals surface area contributed by atoms with Crippen LogP contribution in [-0.2, 0) is 4.79 Å². The van der Waals surface area contributed by atoms with E-state index in [1.807, 2.05) is 41.5 Å². The number of nitrogens with two attached hydrogens (primary N) is 1. The number of hydrogen-bond acceptors (Lipinski definition) is 2. The SMILES string of the molecule is CC(C)(C)NC(=O)CC(N)C(C)(C)C. The average Bonchev–Trinajstić information content (AvgIpc) is 1.79. The lowest BCUT2D eigenvalue weighted by Crippen LogP contribution is -2.45. The Kier molecular flexibility index (Phi) is 4.13. The molecule has 3 nitrogen and oxygen atoms in total. The fourth-order valence-corrected chi connectivity index (χ4v) is 0.975. The maximum Gasteiger partial charge on any atom is 0.221 e. The van der Waals surface area contributed by atoms with Crippen LogP contribution in [0.2, 0.25) is 0 Å². The van der Waals surface area contributed by atoms with Crippen LogP contribution in [0.5, 0.6) is 0 Å². The second-order valence-electron chi connectivity index (χ2n) is 5.97. The molecule has 0 aromatic carbocycles. The predicted octanol–water partition coefficient (Wildman–Crippen LogP) is 1.66. The molecule has 0 rings (SSSR count). The van der Waals surface area contributed by atoms with Crippen LogP contribution >= 0.6 is 0 Å². The summed E-state index contributed by atoms with van der Waals surface area (Å²) in [6.07, 6.45) is 0.390. The van der Waals surface area contributed by atoms with Gasteiger partial charge in [0, 0.05) is 18.0 Å². The zero-order valence-corrected chi connectivity index (χ0v) is 10.3. The monoisotopic (exact) mass is 200 g/mol. The smallest absolute Gasteiger partial charge is 0.221 e. The first-order chi connectivity index (χ1) is 6.02. The Balaban J connectivity index is 4.09. The van der Waals surface area contributed by atoms with E-state index in [2.05, 4.69) is 5.32 Å². The first kappa shape index (κ1) is 13.4. The van der Waals surface area contributed by atoms with Crippen LogP contribution in [0.15, 0.2) is 0 Å². The highest BCUT2D eigenvalue weighted by atomic mass is 16.1. The highest BCUT2D eigenvalue weighted by molar-refractivity contribution is 5.77. The summed E-state index contributed by atoms with van der Waals surface area (Å²) in [6.45, 7) is 12.0. The molecular formula is C11H24N2O. The van der Waals surface area contributed by atoms with Crippen molar-refractivity contribution in [2.45, 2.75) is 59.5 Å². The Morgan fingerprint density at radius 2 is 1.64 bits per heavy atom. The van der Waals surface area contributed by atoms with Crippen molar-refractivity contribution in [1.82, 2.24) is 5.32 Å². The minimum absolute atomic E-state index is 0.0186. The number of carbonyl (C=O) groups excluding carboxylic acids is 1. The van der Waals surface area contributed by atoms with Crippen LogP contribution in [0, 0.1) is 5.41 Å². The van der Waals surface area contributed by atoms with Gasteiger partial charge in [0.25, 0.3) is 0 Å². The van der Waals surface area contributed by atoms with E-state index in [0.29, 0.717) is 6.42 Å². The van der Waals surface area contributed by atoms with Crippen LogP contribution < -0.4 is 11.1 Å². The number of hydrogen-bond donors (Lipinski definition) is 2. The van der Waals surface area contributed by atoms with Crippen LogP contribution in [0.1, 0.15) is 48.0 Å². The highest BCUT2D eigenvalue weighted by Crippen LogP contribution is 2.19. The maximum absolute atomic E-state index is 11.5. The van der Waals surface area contributed by atoms with Gasteiger partial charge < -0.3 is 11.1 Å². The van der Waals surface area contributed by atoms with Crippen molar-refractivity contribution < 1.29 is 4.79 Å². The van der Waals surface area contributed by atoms with Gasteiger partial charge in [0.05, 0.1) is 0 Å². The summed E-state index contributed by atoms with van der Waals surface area (Å²) in [6, 6.07) is -0.0927. The summed E-state index contributed by atoms with van der Waals surface area (Å²) in [5.41, 5.74) is 5.72. The molecule has 1 unspecified atom stereocenters. The average molecular weight is 200 g/mol. The fourth-order valence-electron chi connectivity index (χ4n) is 0.975. The third kappa shape index (κ3) is 5.97. The van der Waals surface area contributed by atoms with Gasteiger partial charge >= 0.3 is 0 Å². The van der Waals surface area contributed by atoms with Crippen molar-refractivity contribution in [3.8, 4) is 0 Å². The van der Waals surface area contributed by atoms with Gasteiger partial charge in [0.1, 0.15) is 0 Å². The van der Waals surface area contributed by atoms with E-state index >= 15 is 0 Å². The van der Waals surface area contributed by atoms with E-state index in [4.69, 9.17) is 5.73 Å².